The number of nitrogens with one attached hydrogen (secondary N) is 1. The molecule has 208 valence electrons. The van der Waals surface area contributed by atoms with Crippen molar-refractivity contribution in [3.05, 3.63) is 116 Å². The molecule has 0 atom stereocenters. The van der Waals surface area contributed by atoms with Crippen molar-refractivity contribution in [2.24, 2.45) is 0 Å². The highest BCUT2D eigenvalue weighted by atomic mass is 19.4. The molecule has 0 radical (unpaired) electrons. The normalized spacial score (nSPS) is 16.2. The van der Waals surface area contributed by atoms with Gasteiger partial charge in [-0.25, -0.2) is 14.2 Å². The maximum absolute atomic E-state index is 14.2. The molecular formula is C30H22F4N4O3. The van der Waals surface area contributed by atoms with Crippen molar-refractivity contribution in [3.63, 3.8) is 0 Å². The number of pyridine rings is 1. The lowest BCUT2D eigenvalue weighted by Gasteiger charge is -2.14. The molecule has 1 saturated carbocycles. The summed E-state index contributed by atoms with van der Waals surface area (Å²) in [5.41, 5.74) is 4.92. The van der Waals surface area contributed by atoms with Crippen molar-refractivity contribution in [2.75, 3.05) is 0 Å². The number of nitrogens with zero attached hydrogens (tertiary/aromatic N) is 3. The van der Waals surface area contributed by atoms with Crippen LogP contribution in [0.15, 0.2) is 64.0 Å². The summed E-state index contributed by atoms with van der Waals surface area (Å²) >= 11 is 0. The molecule has 7 nitrogen and oxygen atoms in total. The second kappa shape index (κ2) is 9.18. The van der Waals surface area contributed by atoms with E-state index in [1.54, 1.807) is 23.6 Å². The monoisotopic (exact) mass is 562 g/mol. The Morgan fingerprint density at radius 2 is 1.93 bits per heavy atom. The standard InChI is InChI=1S/C30H22F4N4O3/c1-15(27-36-29(39)41-37-27)25-20-8-4-16(11-18(20)14-40-24-13-19(31)7-9-21(24)25)12-23-26(17-5-6-17)35-28-22(30(32,33)34)3-2-10-38(23)28/h2-4,7-11,13,17H,5-6,12,14H2,1H3,(H,36,37,39). The Hall–Kier alpha value is -4.67. The van der Waals surface area contributed by atoms with Crippen LogP contribution >= 0.6 is 0 Å². The minimum Gasteiger partial charge on any atom is -0.488 e. The number of aromatic amines is 1. The van der Waals surface area contributed by atoms with Crippen LogP contribution in [0.2, 0.25) is 0 Å². The highest BCUT2D eigenvalue weighted by Gasteiger charge is 2.37. The van der Waals surface area contributed by atoms with Crippen molar-refractivity contribution in [1.82, 2.24) is 19.5 Å². The van der Waals surface area contributed by atoms with E-state index >= 15 is 0 Å². The number of hydrogen-bond acceptors (Lipinski definition) is 5. The van der Waals surface area contributed by atoms with Gasteiger partial charge in [-0.15, -0.1) is 0 Å². The van der Waals surface area contributed by atoms with Gasteiger partial charge in [-0.05, 0) is 66.3 Å². The Kier molecular flexibility index (Phi) is 5.67. The van der Waals surface area contributed by atoms with E-state index in [1.165, 1.54) is 18.2 Å². The maximum atomic E-state index is 14.2. The Bertz CT molecular complexity index is 1930. The average molecular weight is 563 g/mol. The van der Waals surface area contributed by atoms with Gasteiger partial charge in [0.2, 0.25) is 0 Å². The van der Waals surface area contributed by atoms with Crippen molar-refractivity contribution in [2.45, 2.75) is 44.9 Å². The second-order valence-electron chi connectivity index (χ2n) is 10.4. The summed E-state index contributed by atoms with van der Waals surface area (Å²) in [6.07, 6.45) is -0.751. The molecule has 1 N–H and O–H groups in total. The summed E-state index contributed by atoms with van der Waals surface area (Å²) in [7, 11) is 0. The van der Waals surface area contributed by atoms with Gasteiger partial charge in [-0.1, -0.05) is 23.4 Å². The highest BCUT2D eigenvalue weighted by Crippen LogP contribution is 2.44. The third-order valence-electron chi connectivity index (χ3n) is 7.63. The van der Waals surface area contributed by atoms with Crippen LogP contribution in [0.4, 0.5) is 17.6 Å². The molecule has 0 spiro atoms. The SMILES string of the molecule is CC(=C1c2ccc(Cc3c(C4CC4)nc4c(C(F)(F)F)cccn34)cc2COc2cc(F)ccc21)c1noc(=O)[nH]1. The fourth-order valence-corrected chi connectivity index (χ4v) is 5.57. The summed E-state index contributed by atoms with van der Waals surface area (Å²) < 4.78 is 67.8. The van der Waals surface area contributed by atoms with E-state index in [2.05, 4.69) is 15.1 Å². The molecular weight excluding hydrogens is 540 g/mol. The van der Waals surface area contributed by atoms with Crippen LogP contribution in [0.25, 0.3) is 16.8 Å². The minimum atomic E-state index is -4.52. The van der Waals surface area contributed by atoms with Crippen molar-refractivity contribution >= 4 is 16.8 Å². The lowest BCUT2D eigenvalue weighted by atomic mass is 9.89. The van der Waals surface area contributed by atoms with E-state index < -0.39 is 23.3 Å². The number of benzene rings is 2. The fourth-order valence-electron chi connectivity index (χ4n) is 5.57. The molecule has 4 heterocycles. The Morgan fingerprint density at radius 3 is 2.66 bits per heavy atom. The van der Waals surface area contributed by atoms with Crippen molar-refractivity contribution in [3.8, 4) is 5.75 Å². The number of alkyl halides is 3. The van der Waals surface area contributed by atoms with Gasteiger partial charge in [-0.2, -0.15) is 13.2 Å². The van der Waals surface area contributed by atoms with Gasteiger partial charge in [0.25, 0.3) is 0 Å². The van der Waals surface area contributed by atoms with Crippen LogP contribution in [0, 0.1) is 5.82 Å². The Labute approximate surface area is 230 Å². The molecule has 0 amide bonds. The largest absolute Gasteiger partial charge is 0.488 e. The van der Waals surface area contributed by atoms with Crippen LogP contribution in [0.1, 0.15) is 70.7 Å². The number of halogens is 4. The number of fused-ring (bicyclic) bond motifs is 3. The van der Waals surface area contributed by atoms with Crippen molar-refractivity contribution < 1.29 is 26.8 Å². The second-order valence-corrected chi connectivity index (χ2v) is 10.4. The van der Waals surface area contributed by atoms with E-state index in [-0.39, 0.29) is 24.0 Å². The number of imidazole rings is 1. The van der Waals surface area contributed by atoms with E-state index in [4.69, 9.17) is 9.26 Å². The highest BCUT2D eigenvalue weighted by molar-refractivity contribution is 5.99. The van der Waals surface area contributed by atoms with Crippen LogP contribution in [0.3, 0.4) is 0 Å². The molecule has 2 aliphatic rings. The number of aromatic nitrogens is 4. The van der Waals surface area contributed by atoms with Gasteiger partial charge in [0.15, 0.2) is 5.82 Å². The lowest BCUT2D eigenvalue weighted by molar-refractivity contribution is -0.136. The Morgan fingerprint density at radius 1 is 1.12 bits per heavy atom. The number of allylic oxidation sites excluding steroid dienone is 1. The summed E-state index contributed by atoms with van der Waals surface area (Å²) in [6.45, 7) is 1.91. The molecule has 41 heavy (non-hydrogen) atoms. The predicted molar refractivity (Wildman–Crippen MR) is 141 cm³/mol. The van der Waals surface area contributed by atoms with Crippen LogP contribution < -0.4 is 10.5 Å². The van der Waals surface area contributed by atoms with Crippen LogP contribution in [-0.4, -0.2) is 19.5 Å². The molecule has 0 bridgehead atoms. The van der Waals surface area contributed by atoms with Gasteiger partial charge in [0.1, 0.15) is 23.8 Å². The van der Waals surface area contributed by atoms with Gasteiger partial charge in [0, 0.05) is 35.7 Å². The summed E-state index contributed by atoms with van der Waals surface area (Å²) in [5.74, 6) is -0.451. The molecule has 5 aromatic rings. The zero-order chi connectivity index (χ0) is 28.5. The quantitative estimate of drug-likeness (QED) is 0.253. The van der Waals surface area contributed by atoms with Crippen LogP contribution in [0.5, 0.6) is 5.75 Å². The first-order valence-corrected chi connectivity index (χ1v) is 13.1. The molecule has 1 aliphatic carbocycles. The van der Waals surface area contributed by atoms with Gasteiger partial charge in [-0.3, -0.25) is 9.51 Å². The van der Waals surface area contributed by atoms with Gasteiger partial charge >= 0.3 is 11.9 Å². The summed E-state index contributed by atoms with van der Waals surface area (Å²) in [5, 5.41) is 3.83. The molecule has 1 aliphatic heterocycles. The van der Waals surface area contributed by atoms with E-state index in [0.29, 0.717) is 34.6 Å². The minimum absolute atomic E-state index is 0.0880. The number of hydrogen-bond donors (Lipinski definition) is 1. The number of ether oxygens (including phenoxy) is 1. The topological polar surface area (TPSA) is 85.4 Å². The molecule has 2 aromatic carbocycles. The van der Waals surface area contributed by atoms with E-state index in [1.807, 2.05) is 18.2 Å². The zero-order valence-electron chi connectivity index (χ0n) is 21.7. The van der Waals surface area contributed by atoms with Crippen LogP contribution in [-0.2, 0) is 19.2 Å². The maximum Gasteiger partial charge on any atom is 0.439 e. The van der Waals surface area contributed by atoms with E-state index in [9.17, 15) is 22.4 Å². The Balaban J connectivity index is 1.36. The first-order valence-electron chi connectivity index (χ1n) is 13.1. The molecule has 0 unspecified atom stereocenters. The zero-order valence-corrected chi connectivity index (χ0v) is 21.7. The van der Waals surface area contributed by atoms with E-state index in [0.717, 1.165) is 41.3 Å². The van der Waals surface area contributed by atoms with Crippen molar-refractivity contribution in [1.29, 1.82) is 0 Å². The molecule has 7 rings (SSSR count). The lowest BCUT2D eigenvalue weighted by Crippen LogP contribution is -2.08. The third-order valence-corrected chi connectivity index (χ3v) is 7.63. The molecule has 11 heteroatoms. The molecule has 0 saturated heterocycles. The third kappa shape index (κ3) is 4.41. The predicted octanol–water partition coefficient (Wildman–Crippen LogP) is 6.51. The number of rotatable bonds is 4. The van der Waals surface area contributed by atoms with Gasteiger partial charge in [0.05, 0.1) is 17.0 Å². The number of H-pyrrole nitrogens is 1. The smallest absolute Gasteiger partial charge is 0.439 e. The summed E-state index contributed by atoms with van der Waals surface area (Å²) in [4.78, 5) is 18.7. The average Bonchev–Trinajstić information content (AvgIpc) is 3.62. The fraction of sp³-hybridized carbons (Fsp3) is 0.233. The summed E-state index contributed by atoms with van der Waals surface area (Å²) in [6, 6.07) is 12.5. The molecule has 1 fully saturated rings. The first-order chi connectivity index (χ1) is 19.7. The van der Waals surface area contributed by atoms with Gasteiger partial charge < -0.3 is 9.14 Å². The first kappa shape index (κ1) is 25.3. The molecule has 3 aromatic heterocycles.